The van der Waals surface area contributed by atoms with E-state index in [1.807, 2.05) is 38.2 Å². The van der Waals surface area contributed by atoms with E-state index in [9.17, 15) is 0 Å². The van der Waals surface area contributed by atoms with E-state index >= 15 is 0 Å². The van der Waals surface area contributed by atoms with Crippen LogP contribution in [0.25, 0.3) is 21.6 Å². The summed E-state index contributed by atoms with van der Waals surface area (Å²) in [5, 5.41) is 1.13. The minimum Gasteiger partial charge on any atom is -0.352 e. The fraction of sp³-hybridized carbons (Fsp3) is 0.318. The first kappa shape index (κ1) is 18.9. The summed E-state index contributed by atoms with van der Waals surface area (Å²) in [5.41, 5.74) is 2.95. The molecule has 1 saturated heterocycles. The van der Waals surface area contributed by atoms with Crippen molar-refractivity contribution in [3.8, 4) is 11.4 Å². The van der Waals surface area contributed by atoms with Crippen LogP contribution < -0.4 is 9.80 Å². The van der Waals surface area contributed by atoms with E-state index < -0.39 is 0 Å². The second-order valence-corrected chi connectivity index (χ2v) is 8.85. The lowest BCUT2D eigenvalue weighted by molar-refractivity contribution is 0.634. The third kappa shape index (κ3) is 3.59. The smallest absolute Gasteiger partial charge is 0.225 e. The molecule has 4 aromatic rings. The van der Waals surface area contributed by atoms with Crippen molar-refractivity contribution in [3.63, 3.8) is 0 Å². The van der Waals surface area contributed by atoms with Crippen LogP contribution in [-0.4, -0.2) is 51.1 Å². The fourth-order valence-corrected chi connectivity index (χ4v) is 4.73. The Kier molecular flexibility index (Phi) is 4.78. The maximum atomic E-state index is 4.97. The van der Waals surface area contributed by atoms with Gasteiger partial charge in [-0.15, -0.1) is 11.3 Å². The number of hydrogen-bond acceptors (Lipinski definition) is 8. The maximum Gasteiger partial charge on any atom is 0.225 e. The minimum absolute atomic E-state index is 0.729. The van der Waals surface area contributed by atoms with Crippen LogP contribution in [0.1, 0.15) is 16.3 Å². The van der Waals surface area contributed by atoms with Crippen LogP contribution >= 0.6 is 11.3 Å². The standard InChI is InChI=1S/C22H23N7S/c1-14-11-15(2)25-22(24-14)29-9-7-28(8-10-29)20-18-12-16(3)30-21(18)27-19(26-20)17-5-4-6-23-13-17/h4-6,11-13H,7-10H2,1-3H3. The van der Waals surface area contributed by atoms with Crippen molar-refractivity contribution in [3.05, 3.63) is 52.9 Å². The molecular formula is C22H23N7S. The second-order valence-electron chi connectivity index (χ2n) is 7.61. The Morgan fingerprint density at radius 3 is 2.30 bits per heavy atom. The van der Waals surface area contributed by atoms with Gasteiger partial charge in [0.05, 0.1) is 5.39 Å². The molecule has 4 aromatic heterocycles. The average Bonchev–Trinajstić information content (AvgIpc) is 3.13. The lowest BCUT2D eigenvalue weighted by Crippen LogP contribution is -2.47. The Bertz CT molecular complexity index is 1180. The van der Waals surface area contributed by atoms with Gasteiger partial charge in [0.2, 0.25) is 5.95 Å². The Hall–Kier alpha value is -3.13. The topological polar surface area (TPSA) is 70.9 Å². The highest BCUT2D eigenvalue weighted by Crippen LogP contribution is 2.33. The lowest BCUT2D eigenvalue weighted by Gasteiger charge is -2.35. The lowest BCUT2D eigenvalue weighted by atomic mass is 10.2. The molecule has 0 spiro atoms. The van der Waals surface area contributed by atoms with Crippen molar-refractivity contribution in [2.45, 2.75) is 20.8 Å². The number of aryl methyl sites for hydroxylation is 3. The molecule has 0 saturated carbocycles. The zero-order valence-electron chi connectivity index (χ0n) is 17.3. The van der Waals surface area contributed by atoms with E-state index in [1.165, 1.54) is 4.88 Å². The van der Waals surface area contributed by atoms with Crippen molar-refractivity contribution in [1.82, 2.24) is 24.9 Å². The van der Waals surface area contributed by atoms with Gasteiger partial charge in [0.1, 0.15) is 10.6 Å². The molecule has 5 heterocycles. The van der Waals surface area contributed by atoms with E-state index in [4.69, 9.17) is 9.97 Å². The number of thiophene rings is 1. The molecule has 0 atom stereocenters. The van der Waals surface area contributed by atoms with E-state index in [1.54, 1.807) is 17.5 Å². The van der Waals surface area contributed by atoms with Crippen molar-refractivity contribution in [2.75, 3.05) is 36.0 Å². The van der Waals surface area contributed by atoms with E-state index in [0.717, 1.165) is 70.9 Å². The van der Waals surface area contributed by atoms with Crippen LogP contribution in [0.15, 0.2) is 36.7 Å². The average molecular weight is 418 g/mol. The third-order valence-electron chi connectivity index (χ3n) is 5.25. The Balaban J connectivity index is 1.46. The molecule has 1 aliphatic rings. The predicted octanol–water partition coefficient (Wildman–Crippen LogP) is 3.80. The number of anilines is 2. The highest BCUT2D eigenvalue weighted by atomic mass is 32.1. The predicted molar refractivity (Wildman–Crippen MR) is 121 cm³/mol. The number of rotatable bonds is 3. The molecule has 0 bridgehead atoms. The minimum atomic E-state index is 0.729. The van der Waals surface area contributed by atoms with Crippen molar-refractivity contribution in [2.24, 2.45) is 0 Å². The van der Waals surface area contributed by atoms with Gasteiger partial charge >= 0.3 is 0 Å². The molecule has 0 N–H and O–H groups in total. The summed E-state index contributed by atoms with van der Waals surface area (Å²) in [6.07, 6.45) is 3.59. The van der Waals surface area contributed by atoms with Crippen LogP contribution in [-0.2, 0) is 0 Å². The van der Waals surface area contributed by atoms with Crippen LogP contribution in [0, 0.1) is 20.8 Å². The fourth-order valence-electron chi connectivity index (χ4n) is 3.86. The molecule has 7 nitrogen and oxygen atoms in total. The number of hydrogen-bond donors (Lipinski definition) is 0. The molecule has 30 heavy (non-hydrogen) atoms. The molecule has 0 unspecified atom stereocenters. The largest absolute Gasteiger partial charge is 0.352 e. The summed E-state index contributed by atoms with van der Waals surface area (Å²) < 4.78 is 0. The third-order valence-corrected chi connectivity index (χ3v) is 6.19. The molecule has 1 fully saturated rings. The zero-order valence-corrected chi connectivity index (χ0v) is 18.1. The maximum absolute atomic E-state index is 4.97. The summed E-state index contributed by atoms with van der Waals surface area (Å²) in [5.74, 6) is 2.55. The van der Waals surface area contributed by atoms with Gasteiger partial charge in [-0.3, -0.25) is 4.98 Å². The van der Waals surface area contributed by atoms with Gasteiger partial charge in [-0.2, -0.15) is 0 Å². The van der Waals surface area contributed by atoms with Gasteiger partial charge in [0, 0.05) is 60.4 Å². The van der Waals surface area contributed by atoms with Gasteiger partial charge in [0.25, 0.3) is 0 Å². The quantitative estimate of drug-likeness (QED) is 0.502. The van der Waals surface area contributed by atoms with Crippen LogP contribution in [0.5, 0.6) is 0 Å². The zero-order chi connectivity index (χ0) is 20.7. The van der Waals surface area contributed by atoms with Gasteiger partial charge in [-0.1, -0.05) is 0 Å². The Morgan fingerprint density at radius 2 is 1.60 bits per heavy atom. The molecule has 152 valence electrons. The summed E-state index contributed by atoms with van der Waals surface area (Å²) in [6.45, 7) is 9.61. The highest BCUT2D eigenvalue weighted by molar-refractivity contribution is 7.18. The molecular weight excluding hydrogens is 394 g/mol. The summed E-state index contributed by atoms with van der Waals surface area (Å²) in [7, 11) is 0. The number of pyridine rings is 1. The first-order valence-corrected chi connectivity index (χ1v) is 10.9. The van der Waals surface area contributed by atoms with Crippen LogP contribution in [0.4, 0.5) is 11.8 Å². The molecule has 5 rings (SSSR count). The second kappa shape index (κ2) is 7.60. The molecule has 0 aliphatic carbocycles. The molecule has 0 aromatic carbocycles. The monoisotopic (exact) mass is 417 g/mol. The first-order chi connectivity index (χ1) is 14.6. The normalized spacial score (nSPS) is 14.5. The van der Waals surface area contributed by atoms with Crippen molar-refractivity contribution in [1.29, 1.82) is 0 Å². The van der Waals surface area contributed by atoms with Crippen molar-refractivity contribution >= 4 is 33.3 Å². The van der Waals surface area contributed by atoms with E-state index in [2.05, 4.69) is 37.7 Å². The van der Waals surface area contributed by atoms with E-state index in [-0.39, 0.29) is 0 Å². The van der Waals surface area contributed by atoms with Crippen LogP contribution in [0.2, 0.25) is 0 Å². The Morgan fingerprint density at radius 1 is 0.867 bits per heavy atom. The van der Waals surface area contributed by atoms with Gasteiger partial charge in [-0.05, 0) is 45.0 Å². The van der Waals surface area contributed by atoms with Crippen molar-refractivity contribution < 1.29 is 0 Å². The summed E-state index contributed by atoms with van der Waals surface area (Å²) in [4.78, 5) is 30.2. The number of fused-ring (bicyclic) bond motifs is 1. The molecule has 1 aliphatic heterocycles. The number of nitrogens with zero attached hydrogens (tertiary/aromatic N) is 7. The van der Waals surface area contributed by atoms with Gasteiger partial charge < -0.3 is 9.80 Å². The van der Waals surface area contributed by atoms with Crippen LogP contribution in [0.3, 0.4) is 0 Å². The van der Waals surface area contributed by atoms with E-state index in [0.29, 0.717) is 0 Å². The summed E-state index contributed by atoms with van der Waals surface area (Å²) >= 11 is 1.71. The first-order valence-electron chi connectivity index (χ1n) is 10.1. The summed E-state index contributed by atoms with van der Waals surface area (Å²) in [6, 6.07) is 8.14. The Labute approximate surface area is 179 Å². The molecule has 0 radical (unpaired) electrons. The SMILES string of the molecule is Cc1cc(C)nc(N2CCN(c3nc(-c4cccnc4)nc4sc(C)cc34)CC2)n1. The molecule has 8 heteroatoms. The van der Waals surface area contributed by atoms with Gasteiger partial charge in [0.15, 0.2) is 5.82 Å². The van der Waals surface area contributed by atoms with Gasteiger partial charge in [-0.25, -0.2) is 19.9 Å². The highest BCUT2D eigenvalue weighted by Gasteiger charge is 2.23. The number of piperazine rings is 1. The number of aromatic nitrogens is 5. The molecule has 0 amide bonds.